The summed E-state index contributed by atoms with van der Waals surface area (Å²) in [4.78, 5) is 22.7. The Balaban J connectivity index is 1.65. The third-order valence-corrected chi connectivity index (χ3v) is 4.38. The van der Waals surface area contributed by atoms with Crippen molar-refractivity contribution in [1.29, 1.82) is 0 Å². The van der Waals surface area contributed by atoms with E-state index >= 15 is 0 Å². The predicted molar refractivity (Wildman–Crippen MR) is 92.2 cm³/mol. The Hall–Kier alpha value is -3.22. The lowest BCUT2D eigenvalue weighted by Gasteiger charge is -2.21. The van der Waals surface area contributed by atoms with Gasteiger partial charge in [-0.2, -0.15) is 4.98 Å². The van der Waals surface area contributed by atoms with Crippen LogP contribution in [0.1, 0.15) is 35.0 Å². The second kappa shape index (κ2) is 5.70. The largest absolute Gasteiger partial charge is 0.459 e. The number of hydrogen-bond donors (Lipinski definition) is 0. The lowest BCUT2D eigenvalue weighted by atomic mass is 10.2. The SMILES string of the molecule is Cc1ccnc2nc(C(=O)N(C)C(C)c3cc4ccccc4o3)nn12. The molecule has 1 atom stereocenters. The molecule has 1 unspecified atom stereocenters. The summed E-state index contributed by atoms with van der Waals surface area (Å²) in [5.74, 6) is 0.966. The normalized spacial score (nSPS) is 12.6. The molecule has 0 saturated carbocycles. The van der Waals surface area contributed by atoms with E-state index in [1.165, 1.54) is 0 Å². The number of furan rings is 1. The van der Waals surface area contributed by atoms with Crippen molar-refractivity contribution in [2.75, 3.05) is 7.05 Å². The van der Waals surface area contributed by atoms with Crippen molar-refractivity contribution in [2.24, 2.45) is 0 Å². The van der Waals surface area contributed by atoms with Crippen molar-refractivity contribution >= 4 is 22.7 Å². The zero-order chi connectivity index (χ0) is 17.6. The van der Waals surface area contributed by atoms with Gasteiger partial charge in [-0.05, 0) is 32.0 Å². The summed E-state index contributed by atoms with van der Waals surface area (Å²) in [6.07, 6.45) is 1.65. The number of rotatable bonds is 3. The molecule has 0 radical (unpaired) electrons. The van der Waals surface area contributed by atoms with Gasteiger partial charge in [0.05, 0.1) is 6.04 Å². The highest BCUT2D eigenvalue weighted by atomic mass is 16.3. The van der Waals surface area contributed by atoms with Crippen LogP contribution in [0, 0.1) is 6.92 Å². The molecule has 4 aromatic rings. The molecule has 0 aliphatic rings. The minimum absolute atomic E-state index is 0.118. The quantitative estimate of drug-likeness (QED) is 0.575. The van der Waals surface area contributed by atoms with Gasteiger partial charge < -0.3 is 9.32 Å². The molecule has 4 rings (SSSR count). The highest BCUT2D eigenvalue weighted by Gasteiger charge is 2.25. The standard InChI is InChI=1S/C18H17N5O2/c1-11-8-9-19-18-20-16(21-23(11)18)17(24)22(3)12(2)15-10-13-6-4-5-7-14(13)25-15/h4-10,12H,1-3H3. The summed E-state index contributed by atoms with van der Waals surface area (Å²) in [5.41, 5.74) is 1.67. The highest BCUT2D eigenvalue weighted by Crippen LogP contribution is 2.27. The zero-order valence-electron chi connectivity index (χ0n) is 14.2. The second-order valence-corrected chi connectivity index (χ2v) is 6.01. The Kier molecular flexibility index (Phi) is 3.49. The number of aryl methyl sites for hydroxylation is 1. The van der Waals surface area contributed by atoms with Crippen molar-refractivity contribution in [3.63, 3.8) is 0 Å². The lowest BCUT2D eigenvalue weighted by molar-refractivity contribution is 0.0715. The number of para-hydroxylation sites is 1. The molecule has 3 heterocycles. The summed E-state index contributed by atoms with van der Waals surface area (Å²) in [7, 11) is 1.71. The highest BCUT2D eigenvalue weighted by molar-refractivity contribution is 5.91. The molecular formula is C18H17N5O2. The first-order chi connectivity index (χ1) is 12.0. The number of carbonyl (C=O) groups is 1. The zero-order valence-corrected chi connectivity index (χ0v) is 14.2. The first-order valence-corrected chi connectivity index (χ1v) is 7.98. The number of benzene rings is 1. The Labute approximate surface area is 143 Å². The number of hydrogen-bond acceptors (Lipinski definition) is 5. The Morgan fingerprint density at radius 1 is 1.28 bits per heavy atom. The number of aromatic nitrogens is 4. The first-order valence-electron chi connectivity index (χ1n) is 7.98. The maximum Gasteiger partial charge on any atom is 0.293 e. The minimum atomic E-state index is -0.280. The van der Waals surface area contributed by atoms with Gasteiger partial charge in [0, 0.05) is 24.3 Å². The molecule has 7 heteroatoms. The van der Waals surface area contributed by atoms with E-state index in [2.05, 4.69) is 15.1 Å². The maximum absolute atomic E-state index is 12.8. The third-order valence-electron chi connectivity index (χ3n) is 4.38. The summed E-state index contributed by atoms with van der Waals surface area (Å²) >= 11 is 0. The van der Waals surface area contributed by atoms with Gasteiger partial charge in [-0.3, -0.25) is 4.79 Å². The van der Waals surface area contributed by atoms with Crippen molar-refractivity contribution in [1.82, 2.24) is 24.5 Å². The third kappa shape index (κ3) is 2.53. The van der Waals surface area contributed by atoms with Crippen LogP contribution in [0.3, 0.4) is 0 Å². The topological polar surface area (TPSA) is 76.5 Å². The summed E-state index contributed by atoms with van der Waals surface area (Å²) < 4.78 is 7.43. The number of amides is 1. The molecule has 1 amide bonds. The monoisotopic (exact) mass is 335 g/mol. The van der Waals surface area contributed by atoms with E-state index in [0.717, 1.165) is 22.4 Å². The molecule has 7 nitrogen and oxygen atoms in total. The molecule has 0 saturated heterocycles. The van der Waals surface area contributed by atoms with Crippen molar-refractivity contribution in [3.05, 3.63) is 59.9 Å². The van der Waals surface area contributed by atoms with E-state index in [9.17, 15) is 4.79 Å². The van der Waals surface area contributed by atoms with Crippen LogP contribution in [-0.4, -0.2) is 37.4 Å². The first kappa shape index (κ1) is 15.3. The van der Waals surface area contributed by atoms with Crippen LogP contribution in [0.5, 0.6) is 0 Å². The Morgan fingerprint density at radius 3 is 2.84 bits per heavy atom. The van der Waals surface area contributed by atoms with Gasteiger partial charge in [0.15, 0.2) is 0 Å². The molecule has 0 N–H and O–H groups in total. The molecule has 0 spiro atoms. The van der Waals surface area contributed by atoms with Crippen LogP contribution in [0.15, 0.2) is 47.0 Å². The number of carbonyl (C=O) groups excluding carboxylic acids is 1. The van der Waals surface area contributed by atoms with Gasteiger partial charge in [-0.15, -0.1) is 5.10 Å². The molecule has 0 fully saturated rings. The molecule has 0 aliphatic carbocycles. The summed E-state index contributed by atoms with van der Waals surface area (Å²) in [6.45, 7) is 3.80. The Bertz CT molecular complexity index is 1050. The fourth-order valence-corrected chi connectivity index (χ4v) is 2.73. The summed E-state index contributed by atoms with van der Waals surface area (Å²) in [6, 6.07) is 11.3. The van der Waals surface area contributed by atoms with E-state index in [1.54, 1.807) is 22.7 Å². The van der Waals surface area contributed by atoms with E-state index in [1.807, 2.05) is 50.2 Å². The summed E-state index contributed by atoms with van der Waals surface area (Å²) in [5, 5.41) is 5.28. The van der Waals surface area contributed by atoms with Gasteiger partial charge in [-0.1, -0.05) is 18.2 Å². The smallest absolute Gasteiger partial charge is 0.293 e. The molecule has 25 heavy (non-hydrogen) atoms. The molecule has 126 valence electrons. The van der Waals surface area contributed by atoms with Crippen molar-refractivity contribution < 1.29 is 9.21 Å². The molecular weight excluding hydrogens is 318 g/mol. The van der Waals surface area contributed by atoms with Gasteiger partial charge in [-0.25, -0.2) is 9.50 Å². The Morgan fingerprint density at radius 2 is 2.08 bits per heavy atom. The molecule has 1 aromatic carbocycles. The minimum Gasteiger partial charge on any atom is -0.459 e. The second-order valence-electron chi connectivity index (χ2n) is 6.01. The van der Waals surface area contributed by atoms with Crippen LogP contribution < -0.4 is 0 Å². The molecule has 0 bridgehead atoms. The lowest BCUT2D eigenvalue weighted by Crippen LogP contribution is -2.30. The van der Waals surface area contributed by atoms with E-state index < -0.39 is 0 Å². The van der Waals surface area contributed by atoms with Gasteiger partial charge in [0.25, 0.3) is 11.7 Å². The predicted octanol–water partition coefficient (Wildman–Crippen LogP) is 3.01. The van der Waals surface area contributed by atoms with Crippen molar-refractivity contribution in [3.8, 4) is 0 Å². The van der Waals surface area contributed by atoms with Crippen LogP contribution in [-0.2, 0) is 0 Å². The average molecular weight is 335 g/mol. The van der Waals surface area contributed by atoms with Gasteiger partial charge in [0.2, 0.25) is 5.82 Å². The van der Waals surface area contributed by atoms with E-state index in [-0.39, 0.29) is 17.8 Å². The van der Waals surface area contributed by atoms with Crippen LogP contribution in [0.2, 0.25) is 0 Å². The average Bonchev–Trinajstić information content (AvgIpc) is 3.24. The fraction of sp³-hybridized carbons (Fsp3) is 0.222. The number of fused-ring (bicyclic) bond motifs is 2. The van der Waals surface area contributed by atoms with E-state index in [0.29, 0.717) is 5.78 Å². The van der Waals surface area contributed by atoms with E-state index in [4.69, 9.17) is 4.42 Å². The fourth-order valence-electron chi connectivity index (χ4n) is 2.73. The number of nitrogens with zero attached hydrogens (tertiary/aromatic N) is 5. The van der Waals surface area contributed by atoms with Crippen LogP contribution in [0.4, 0.5) is 0 Å². The molecule has 3 aromatic heterocycles. The molecule has 0 aliphatic heterocycles. The van der Waals surface area contributed by atoms with Crippen molar-refractivity contribution in [2.45, 2.75) is 19.9 Å². The van der Waals surface area contributed by atoms with Crippen LogP contribution in [0.25, 0.3) is 16.7 Å². The van der Waals surface area contributed by atoms with Gasteiger partial charge in [0.1, 0.15) is 11.3 Å². The van der Waals surface area contributed by atoms with Gasteiger partial charge >= 0.3 is 0 Å². The maximum atomic E-state index is 12.8. The van der Waals surface area contributed by atoms with Crippen LogP contribution >= 0.6 is 0 Å².